The fourth-order valence-electron chi connectivity index (χ4n) is 4.37. The number of carbonyl (C=O) groups is 2. The number of nitrogens with zero attached hydrogens (tertiary/aromatic N) is 2. The summed E-state index contributed by atoms with van der Waals surface area (Å²) in [6.45, 7) is 3.46. The van der Waals surface area contributed by atoms with Gasteiger partial charge in [0.1, 0.15) is 23.9 Å². The molecule has 0 spiro atoms. The van der Waals surface area contributed by atoms with Crippen molar-refractivity contribution in [1.82, 2.24) is 16.1 Å². The van der Waals surface area contributed by atoms with Crippen LogP contribution in [-0.2, 0) is 9.53 Å². The summed E-state index contributed by atoms with van der Waals surface area (Å²) >= 11 is 0. The summed E-state index contributed by atoms with van der Waals surface area (Å²) in [5.74, 6) is 0.906. The van der Waals surface area contributed by atoms with Gasteiger partial charge in [-0.1, -0.05) is 6.07 Å². The van der Waals surface area contributed by atoms with Crippen LogP contribution in [0.1, 0.15) is 31.2 Å². The maximum Gasteiger partial charge on any atom is 0.337 e. The van der Waals surface area contributed by atoms with E-state index < -0.39 is 29.2 Å². The second kappa shape index (κ2) is 14.1. The number of urea groups is 1. The van der Waals surface area contributed by atoms with E-state index in [9.17, 15) is 24.8 Å². The van der Waals surface area contributed by atoms with E-state index >= 15 is 0 Å². The van der Waals surface area contributed by atoms with Gasteiger partial charge >= 0.3 is 12.0 Å². The number of hydrogen-bond donors (Lipinski definition) is 4. The molecule has 44 heavy (non-hydrogen) atoms. The second-order valence-corrected chi connectivity index (χ2v) is 9.26. The van der Waals surface area contributed by atoms with Crippen molar-refractivity contribution in [2.24, 2.45) is 5.10 Å². The number of nitro benzene ring substituents is 1. The molecule has 0 aliphatic carbocycles. The first-order valence-corrected chi connectivity index (χ1v) is 13.3. The SMILES string of the molecule is CCOc1cc([C@H]2NC(=O)NC(C)=C2C(=O)OC)ccc1OC[C@@H](O)N/N=C/c1ccc(-c2ccc(OC)cc2[N+](=O)[O-])o1. The number of allylic oxidation sites excluding steroid dienone is 1. The van der Waals surface area contributed by atoms with Crippen molar-refractivity contribution in [2.45, 2.75) is 26.1 Å². The molecule has 0 saturated carbocycles. The van der Waals surface area contributed by atoms with Gasteiger partial charge in [0, 0.05) is 5.70 Å². The molecule has 0 bridgehead atoms. The van der Waals surface area contributed by atoms with Crippen LogP contribution in [0.5, 0.6) is 17.2 Å². The summed E-state index contributed by atoms with van der Waals surface area (Å²) in [5, 5.41) is 31.1. The zero-order valence-electron chi connectivity index (χ0n) is 24.3. The topological polar surface area (TPSA) is 196 Å². The Hall–Kier alpha value is -5.57. The van der Waals surface area contributed by atoms with Gasteiger partial charge in [0.15, 0.2) is 17.7 Å². The van der Waals surface area contributed by atoms with E-state index in [2.05, 4.69) is 21.2 Å². The van der Waals surface area contributed by atoms with Crippen molar-refractivity contribution in [3.8, 4) is 28.6 Å². The van der Waals surface area contributed by atoms with Crippen LogP contribution in [0.3, 0.4) is 0 Å². The highest BCUT2D eigenvalue weighted by Gasteiger charge is 2.32. The maximum absolute atomic E-state index is 12.4. The first kappa shape index (κ1) is 31.4. The number of nitrogens with one attached hydrogen (secondary N) is 3. The first-order valence-electron chi connectivity index (χ1n) is 13.3. The van der Waals surface area contributed by atoms with Gasteiger partial charge < -0.3 is 39.1 Å². The lowest BCUT2D eigenvalue weighted by molar-refractivity contribution is -0.384. The molecule has 15 nitrogen and oxygen atoms in total. The number of esters is 1. The average Bonchev–Trinajstić information content (AvgIpc) is 3.48. The Kier molecular flexibility index (Phi) is 10.0. The smallest absolute Gasteiger partial charge is 0.337 e. The zero-order chi connectivity index (χ0) is 31.8. The van der Waals surface area contributed by atoms with Crippen LogP contribution in [0.15, 0.2) is 69.3 Å². The van der Waals surface area contributed by atoms with Gasteiger partial charge in [-0.3, -0.25) is 15.5 Å². The molecule has 0 unspecified atom stereocenters. The standard InChI is InChI=1S/C29H31N5O10/c1-5-42-24-12-17(27-26(28(36)41-4)16(2)31-29(37)32-27)6-10-23(24)43-15-25(35)33-30-14-19-8-11-22(44-19)20-9-7-18(40-3)13-21(20)34(38)39/h6-14,25,27,33,35H,5,15H2,1-4H3,(H2,31,32,37)/b30-14+/t25-,27-/m1/s1. The monoisotopic (exact) mass is 609 g/mol. The number of methoxy groups -OCH3 is 2. The predicted molar refractivity (Wildman–Crippen MR) is 156 cm³/mol. The van der Waals surface area contributed by atoms with Gasteiger partial charge in [-0.25, -0.2) is 9.59 Å². The minimum atomic E-state index is -1.24. The minimum Gasteiger partial charge on any atom is -0.497 e. The molecule has 0 fully saturated rings. The molecule has 0 radical (unpaired) electrons. The Morgan fingerprint density at radius 2 is 1.98 bits per heavy atom. The summed E-state index contributed by atoms with van der Waals surface area (Å²) in [6, 6.07) is 11.2. The van der Waals surface area contributed by atoms with Gasteiger partial charge in [0.2, 0.25) is 0 Å². The molecule has 3 aromatic rings. The largest absolute Gasteiger partial charge is 0.497 e. The Morgan fingerprint density at radius 3 is 2.68 bits per heavy atom. The van der Waals surface area contributed by atoms with Crippen molar-refractivity contribution in [3.63, 3.8) is 0 Å². The van der Waals surface area contributed by atoms with Gasteiger partial charge in [0.05, 0.1) is 55.2 Å². The van der Waals surface area contributed by atoms with Crippen LogP contribution in [0.2, 0.25) is 0 Å². The van der Waals surface area contributed by atoms with Gasteiger partial charge in [-0.2, -0.15) is 5.10 Å². The quantitative estimate of drug-likeness (QED) is 0.0729. The molecule has 232 valence electrons. The van der Waals surface area contributed by atoms with E-state index in [1.54, 1.807) is 50.2 Å². The lowest BCUT2D eigenvalue weighted by Crippen LogP contribution is -2.45. The first-order chi connectivity index (χ1) is 21.1. The van der Waals surface area contributed by atoms with E-state index in [1.807, 2.05) is 0 Å². The summed E-state index contributed by atoms with van der Waals surface area (Å²) in [5.41, 5.74) is 3.76. The van der Waals surface area contributed by atoms with Crippen LogP contribution >= 0.6 is 0 Å². The van der Waals surface area contributed by atoms with Crippen molar-refractivity contribution in [2.75, 3.05) is 27.4 Å². The average molecular weight is 610 g/mol. The van der Waals surface area contributed by atoms with E-state index in [1.165, 1.54) is 32.6 Å². The van der Waals surface area contributed by atoms with Crippen molar-refractivity contribution < 1.29 is 43.0 Å². The molecule has 2 amide bonds. The number of ether oxygens (including phenoxy) is 4. The van der Waals surface area contributed by atoms with Gasteiger partial charge in [-0.15, -0.1) is 0 Å². The van der Waals surface area contributed by atoms with Crippen molar-refractivity contribution >= 4 is 23.9 Å². The third-order valence-corrected chi connectivity index (χ3v) is 6.38. The van der Waals surface area contributed by atoms with Crippen molar-refractivity contribution in [3.05, 3.63) is 81.2 Å². The third-order valence-electron chi connectivity index (χ3n) is 6.38. The molecule has 1 aliphatic rings. The number of aliphatic hydroxyl groups excluding tert-OH is 1. The van der Waals surface area contributed by atoms with E-state index in [4.69, 9.17) is 23.4 Å². The highest BCUT2D eigenvalue weighted by atomic mass is 16.6. The zero-order valence-corrected chi connectivity index (χ0v) is 24.3. The molecule has 2 aromatic carbocycles. The number of amides is 2. The molecular formula is C29H31N5O10. The Labute approximate surface area is 251 Å². The molecular weight excluding hydrogens is 578 g/mol. The summed E-state index contributed by atoms with van der Waals surface area (Å²) in [6.07, 6.45) is 0.0576. The summed E-state index contributed by atoms with van der Waals surface area (Å²) in [7, 11) is 2.67. The normalized spacial score (nSPS) is 15.3. The number of carbonyl (C=O) groups excluding carboxylic acids is 2. The lowest BCUT2D eigenvalue weighted by Gasteiger charge is -2.28. The van der Waals surface area contributed by atoms with E-state index in [0.29, 0.717) is 35.1 Å². The fraction of sp³-hybridized carbons (Fsp3) is 0.276. The molecule has 4 rings (SSSR count). The van der Waals surface area contributed by atoms with Crippen LogP contribution in [0.4, 0.5) is 10.5 Å². The highest BCUT2D eigenvalue weighted by molar-refractivity contribution is 5.95. The number of rotatable bonds is 13. The molecule has 2 heterocycles. The Morgan fingerprint density at radius 1 is 1.18 bits per heavy atom. The Bertz CT molecular complexity index is 1600. The van der Waals surface area contributed by atoms with Crippen LogP contribution in [0.25, 0.3) is 11.3 Å². The number of benzene rings is 2. The third kappa shape index (κ3) is 7.25. The number of aliphatic hydroxyl groups is 1. The van der Waals surface area contributed by atoms with Gasteiger partial charge in [-0.05, 0) is 55.8 Å². The number of nitro groups is 1. The van der Waals surface area contributed by atoms with Crippen LogP contribution in [-0.4, -0.2) is 61.9 Å². The molecule has 1 aliphatic heterocycles. The molecule has 4 N–H and O–H groups in total. The molecule has 2 atom stereocenters. The molecule has 0 saturated heterocycles. The highest BCUT2D eigenvalue weighted by Crippen LogP contribution is 2.36. The Balaban J connectivity index is 1.40. The predicted octanol–water partition coefficient (Wildman–Crippen LogP) is 3.38. The van der Waals surface area contributed by atoms with Crippen LogP contribution < -0.4 is 30.3 Å². The molecule has 15 heteroatoms. The fourth-order valence-corrected chi connectivity index (χ4v) is 4.37. The summed E-state index contributed by atoms with van der Waals surface area (Å²) < 4.78 is 27.1. The second-order valence-electron chi connectivity index (χ2n) is 9.26. The minimum absolute atomic E-state index is 0.177. The van der Waals surface area contributed by atoms with Crippen molar-refractivity contribution in [1.29, 1.82) is 0 Å². The summed E-state index contributed by atoms with van der Waals surface area (Å²) in [4.78, 5) is 35.5. The van der Waals surface area contributed by atoms with Crippen LogP contribution in [0, 0.1) is 10.1 Å². The van der Waals surface area contributed by atoms with E-state index in [-0.39, 0.29) is 35.0 Å². The lowest BCUT2D eigenvalue weighted by atomic mass is 9.95. The number of hydrogen-bond acceptors (Lipinski definition) is 12. The van der Waals surface area contributed by atoms with E-state index in [0.717, 1.165) is 0 Å². The molecule has 1 aromatic heterocycles. The van der Waals surface area contributed by atoms with Gasteiger partial charge in [0.25, 0.3) is 5.69 Å². The number of hydrazone groups is 1. The number of furan rings is 1. The maximum atomic E-state index is 12.4.